The maximum atomic E-state index is 12.4. The van der Waals surface area contributed by atoms with Crippen LogP contribution in [-0.2, 0) is 13.1 Å². The molecule has 0 aliphatic carbocycles. The van der Waals surface area contributed by atoms with Gasteiger partial charge in [0.2, 0.25) is 0 Å². The molecule has 1 aromatic heterocycles. The van der Waals surface area contributed by atoms with E-state index < -0.39 is 0 Å². The average molecular weight is 370 g/mol. The number of imidazole rings is 1. The zero-order valence-electron chi connectivity index (χ0n) is 15.8. The maximum Gasteiger partial charge on any atom is 0.319 e. The molecule has 8 heteroatoms. The molecule has 1 aliphatic rings. The first kappa shape index (κ1) is 18.8. The van der Waals surface area contributed by atoms with Crippen LogP contribution in [0.5, 0.6) is 0 Å². The maximum absolute atomic E-state index is 12.4. The van der Waals surface area contributed by atoms with Crippen molar-refractivity contribution in [2.24, 2.45) is 0 Å². The lowest BCUT2D eigenvalue weighted by atomic mass is 10.1. The monoisotopic (exact) mass is 370 g/mol. The lowest BCUT2D eigenvalue weighted by Gasteiger charge is -2.35. The second-order valence-electron chi connectivity index (χ2n) is 6.86. The highest BCUT2D eigenvalue weighted by molar-refractivity contribution is 5.76. The van der Waals surface area contributed by atoms with Crippen molar-refractivity contribution in [3.05, 3.63) is 54.1 Å². The number of benzene rings is 1. The van der Waals surface area contributed by atoms with Gasteiger partial charge in [0.05, 0.1) is 6.33 Å². The van der Waals surface area contributed by atoms with E-state index in [1.807, 2.05) is 22.9 Å². The zero-order valence-corrected chi connectivity index (χ0v) is 15.8. The van der Waals surface area contributed by atoms with Crippen LogP contribution in [0.3, 0.4) is 0 Å². The summed E-state index contributed by atoms with van der Waals surface area (Å²) in [5.74, 6) is 0. The third-order valence-electron chi connectivity index (χ3n) is 4.58. The molecule has 0 unspecified atom stereocenters. The summed E-state index contributed by atoms with van der Waals surface area (Å²) in [6.07, 6.45) is 5.47. The summed E-state index contributed by atoms with van der Waals surface area (Å²) in [4.78, 5) is 33.5. The minimum absolute atomic E-state index is 0.00948. The minimum Gasteiger partial charge on any atom is -0.334 e. The molecule has 0 saturated carbocycles. The topological polar surface area (TPSA) is 73.7 Å². The fraction of sp³-hybridized carbons (Fsp3) is 0.421. The number of aromatic nitrogens is 2. The first-order valence-electron chi connectivity index (χ1n) is 9.05. The van der Waals surface area contributed by atoms with E-state index in [1.165, 1.54) is 0 Å². The molecule has 1 saturated heterocycles. The van der Waals surface area contributed by atoms with E-state index in [0.29, 0.717) is 32.7 Å². The van der Waals surface area contributed by atoms with Gasteiger partial charge in [-0.05, 0) is 11.1 Å². The molecule has 0 atom stereocenters. The van der Waals surface area contributed by atoms with Crippen molar-refractivity contribution in [2.75, 3.05) is 40.3 Å². The van der Waals surface area contributed by atoms with Crippen LogP contribution in [0.1, 0.15) is 11.1 Å². The lowest BCUT2D eigenvalue weighted by Crippen LogP contribution is -2.54. The summed E-state index contributed by atoms with van der Waals surface area (Å²) in [5.41, 5.74) is 2.22. The zero-order chi connectivity index (χ0) is 19.2. The number of nitrogens with one attached hydrogen (secondary N) is 1. The number of carbonyl (C=O) groups excluding carboxylic acids is 2. The highest BCUT2D eigenvalue weighted by atomic mass is 16.2. The molecule has 2 heterocycles. The van der Waals surface area contributed by atoms with Crippen LogP contribution in [0.25, 0.3) is 0 Å². The molecule has 27 heavy (non-hydrogen) atoms. The van der Waals surface area contributed by atoms with E-state index in [1.54, 1.807) is 41.3 Å². The summed E-state index contributed by atoms with van der Waals surface area (Å²) < 4.78 is 2.01. The predicted octanol–water partition coefficient (Wildman–Crippen LogP) is 1.44. The van der Waals surface area contributed by atoms with E-state index in [4.69, 9.17) is 0 Å². The van der Waals surface area contributed by atoms with Crippen LogP contribution >= 0.6 is 0 Å². The van der Waals surface area contributed by atoms with Gasteiger partial charge in [0, 0.05) is 65.8 Å². The molecule has 1 aromatic carbocycles. The third-order valence-corrected chi connectivity index (χ3v) is 4.58. The first-order chi connectivity index (χ1) is 13.0. The number of piperazine rings is 1. The van der Waals surface area contributed by atoms with Crippen LogP contribution in [0.4, 0.5) is 9.59 Å². The molecule has 3 rings (SSSR count). The molecule has 2 aromatic rings. The second kappa shape index (κ2) is 8.57. The standard InChI is InChI=1S/C19H26N6O2/c1-22(2)19(27)25-10-8-24(9-11-25)18(26)21-13-16-4-3-5-17(12-16)14-23-7-6-20-15-23/h3-7,12,15H,8-11,13-14H2,1-2H3,(H,21,26). The van der Waals surface area contributed by atoms with E-state index in [2.05, 4.69) is 22.4 Å². The Morgan fingerprint density at radius 3 is 2.48 bits per heavy atom. The van der Waals surface area contributed by atoms with Crippen molar-refractivity contribution in [1.82, 2.24) is 29.6 Å². The van der Waals surface area contributed by atoms with Crippen molar-refractivity contribution in [3.8, 4) is 0 Å². The molecule has 1 N–H and O–H groups in total. The molecule has 1 fully saturated rings. The fourth-order valence-electron chi connectivity index (χ4n) is 3.10. The molecule has 0 spiro atoms. The Balaban J connectivity index is 1.47. The Hall–Kier alpha value is -3.03. The Kier molecular flexibility index (Phi) is 5.95. The van der Waals surface area contributed by atoms with E-state index >= 15 is 0 Å². The van der Waals surface area contributed by atoms with Gasteiger partial charge >= 0.3 is 12.1 Å². The van der Waals surface area contributed by atoms with Crippen LogP contribution in [0.15, 0.2) is 43.0 Å². The number of rotatable bonds is 4. The van der Waals surface area contributed by atoms with Gasteiger partial charge < -0.3 is 24.6 Å². The van der Waals surface area contributed by atoms with E-state index in [-0.39, 0.29) is 12.1 Å². The molecular formula is C19H26N6O2. The van der Waals surface area contributed by atoms with Crippen molar-refractivity contribution in [3.63, 3.8) is 0 Å². The van der Waals surface area contributed by atoms with Gasteiger partial charge in [-0.25, -0.2) is 14.6 Å². The largest absolute Gasteiger partial charge is 0.334 e. The van der Waals surface area contributed by atoms with Crippen molar-refractivity contribution in [1.29, 1.82) is 0 Å². The van der Waals surface area contributed by atoms with Gasteiger partial charge in [-0.15, -0.1) is 0 Å². The summed E-state index contributed by atoms with van der Waals surface area (Å²) in [6.45, 7) is 3.45. The highest BCUT2D eigenvalue weighted by Crippen LogP contribution is 2.08. The molecule has 0 bridgehead atoms. The van der Waals surface area contributed by atoms with Crippen molar-refractivity contribution < 1.29 is 9.59 Å². The summed E-state index contributed by atoms with van der Waals surface area (Å²) in [6, 6.07) is 8.06. The Morgan fingerprint density at radius 2 is 1.81 bits per heavy atom. The first-order valence-corrected chi connectivity index (χ1v) is 9.05. The highest BCUT2D eigenvalue weighted by Gasteiger charge is 2.24. The normalized spacial score (nSPS) is 14.1. The van der Waals surface area contributed by atoms with Gasteiger partial charge in [0.1, 0.15) is 0 Å². The number of hydrogen-bond acceptors (Lipinski definition) is 3. The van der Waals surface area contributed by atoms with Crippen LogP contribution < -0.4 is 5.32 Å². The second-order valence-corrected chi connectivity index (χ2v) is 6.86. The number of nitrogens with zero attached hydrogens (tertiary/aromatic N) is 5. The molecular weight excluding hydrogens is 344 g/mol. The van der Waals surface area contributed by atoms with E-state index in [0.717, 1.165) is 17.7 Å². The van der Waals surface area contributed by atoms with Gasteiger partial charge in [-0.2, -0.15) is 0 Å². The Bertz CT molecular complexity index is 766. The molecule has 144 valence electrons. The molecule has 8 nitrogen and oxygen atoms in total. The quantitative estimate of drug-likeness (QED) is 0.885. The fourth-order valence-corrected chi connectivity index (χ4v) is 3.10. The number of hydrogen-bond donors (Lipinski definition) is 1. The SMILES string of the molecule is CN(C)C(=O)N1CCN(C(=O)NCc2cccc(Cn3ccnc3)c2)CC1. The Morgan fingerprint density at radius 1 is 1.11 bits per heavy atom. The van der Waals surface area contributed by atoms with Crippen molar-refractivity contribution in [2.45, 2.75) is 13.1 Å². The minimum atomic E-state index is -0.0908. The van der Waals surface area contributed by atoms with Crippen LogP contribution in [-0.4, -0.2) is 76.6 Å². The summed E-state index contributed by atoms with van der Waals surface area (Å²) >= 11 is 0. The number of carbonyl (C=O) groups is 2. The van der Waals surface area contributed by atoms with Gasteiger partial charge in [0.15, 0.2) is 0 Å². The number of urea groups is 2. The Labute approximate surface area is 159 Å². The lowest BCUT2D eigenvalue weighted by molar-refractivity contribution is 0.128. The van der Waals surface area contributed by atoms with Crippen molar-refractivity contribution >= 4 is 12.1 Å². The third kappa shape index (κ3) is 4.99. The average Bonchev–Trinajstić information content (AvgIpc) is 3.19. The van der Waals surface area contributed by atoms with Crippen LogP contribution in [0.2, 0.25) is 0 Å². The van der Waals surface area contributed by atoms with Gasteiger partial charge in [-0.1, -0.05) is 24.3 Å². The van der Waals surface area contributed by atoms with Gasteiger partial charge in [-0.3, -0.25) is 0 Å². The van der Waals surface area contributed by atoms with E-state index in [9.17, 15) is 9.59 Å². The molecule has 4 amide bonds. The van der Waals surface area contributed by atoms with Gasteiger partial charge in [0.25, 0.3) is 0 Å². The summed E-state index contributed by atoms with van der Waals surface area (Å²) in [7, 11) is 3.48. The summed E-state index contributed by atoms with van der Waals surface area (Å²) in [5, 5.41) is 2.98. The smallest absolute Gasteiger partial charge is 0.319 e. The molecule has 0 radical (unpaired) electrons. The molecule has 1 aliphatic heterocycles. The number of amides is 4. The predicted molar refractivity (Wildman–Crippen MR) is 102 cm³/mol. The van der Waals surface area contributed by atoms with Crippen LogP contribution in [0, 0.1) is 0 Å².